The van der Waals surface area contributed by atoms with E-state index in [0.717, 1.165) is 31.3 Å². The maximum atomic E-state index is 12.6. The largest absolute Gasteiger partial charge is 0.492 e. The molecule has 2 rings (SSSR count). The minimum absolute atomic E-state index is 0.0176. The van der Waals surface area contributed by atoms with Gasteiger partial charge in [0, 0.05) is 6.92 Å². The van der Waals surface area contributed by atoms with Crippen molar-refractivity contribution in [3.63, 3.8) is 0 Å². The third-order valence-corrected chi connectivity index (χ3v) is 4.75. The first-order valence-corrected chi connectivity index (χ1v) is 11.3. The van der Waals surface area contributed by atoms with Gasteiger partial charge in [0.1, 0.15) is 23.3 Å². The lowest BCUT2D eigenvalue weighted by Crippen LogP contribution is -2.13. The lowest BCUT2D eigenvalue weighted by atomic mass is 10.1. The number of hydrogen-bond acceptors (Lipinski definition) is 6. The molecular weight excluding hydrogens is 420 g/mol. The molecule has 0 aliphatic rings. The summed E-state index contributed by atoms with van der Waals surface area (Å²) in [5, 5.41) is 0.394. The first-order chi connectivity index (χ1) is 15.8. The molecule has 1 aromatic carbocycles. The van der Waals surface area contributed by atoms with Crippen LogP contribution >= 0.6 is 0 Å². The van der Waals surface area contributed by atoms with Crippen LogP contribution in [0.1, 0.15) is 60.3 Å². The summed E-state index contributed by atoms with van der Waals surface area (Å²) in [5.41, 5.74) is 1.96. The lowest BCUT2D eigenvalue weighted by molar-refractivity contribution is -0.131. The van der Waals surface area contributed by atoms with Crippen LogP contribution in [0, 0.1) is 0 Å². The van der Waals surface area contributed by atoms with Crippen LogP contribution < -0.4 is 19.8 Å². The minimum atomic E-state index is -0.711. The van der Waals surface area contributed by atoms with Crippen LogP contribution in [0.3, 0.4) is 0 Å². The normalized spacial score (nSPS) is 11.6. The summed E-state index contributed by atoms with van der Waals surface area (Å²) in [5.74, 6) is -0.242. The molecule has 0 aliphatic carbocycles. The number of benzene rings is 1. The second kappa shape index (κ2) is 13.3. The van der Waals surface area contributed by atoms with E-state index in [1.54, 1.807) is 18.2 Å². The fourth-order valence-corrected chi connectivity index (χ4v) is 3.14. The standard InChI is InChI=1S/C27H34O6/c1-6-7-8-9-17-30-22-14-11-15-23-24(22)25(32-21(5)28)26(27(29)33-23)31-18-16-20(4)13-10-12-19(2)3/h7-8,11-12,14-16H,6,9-10,13,17-18H2,1-5H3/b8-7+,20-16+. The highest BCUT2D eigenvalue weighted by atomic mass is 16.6. The number of rotatable bonds is 12. The summed E-state index contributed by atoms with van der Waals surface area (Å²) in [6.45, 7) is 10.1. The number of ether oxygens (including phenoxy) is 3. The highest BCUT2D eigenvalue weighted by molar-refractivity contribution is 5.93. The molecular formula is C27H34O6. The van der Waals surface area contributed by atoms with Crippen LogP contribution in [0.2, 0.25) is 0 Å². The van der Waals surface area contributed by atoms with Crippen molar-refractivity contribution in [2.24, 2.45) is 0 Å². The summed E-state index contributed by atoms with van der Waals surface area (Å²) in [6, 6.07) is 5.10. The van der Waals surface area contributed by atoms with E-state index in [1.165, 1.54) is 12.5 Å². The minimum Gasteiger partial charge on any atom is -0.492 e. The Morgan fingerprint density at radius 1 is 1.00 bits per heavy atom. The molecule has 2 aromatic rings. The first-order valence-electron chi connectivity index (χ1n) is 11.3. The smallest absolute Gasteiger partial charge is 0.383 e. The fourth-order valence-electron chi connectivity index (χ4n) is 3.14. The third kappa shape index (κ3) is 8.29. The quantitative estimate of drug-likeness (QED) is 0.157. The molecule has 6 heteroatoms. The zero-order valence-corrected chi connectivity index (χ0v) is 20.2. The van der Waals surface area contributed by atoms with Crippen molar-refractivity contribution < 1.29 is 23.4 Å². The Morgan fingerprint density at radius 2 is 1.79 bits per heavy atom. The molecule has 1 heterocycles. The molecule has 0 aliphatic heterocycles. The molecule has 0 unspecified atom stereocenters. The van der Waals surface area contributed by atoms with Gasteiger partial charge in [-0.1, -0.05) is 42.4 Å². The molecule has 33 heavy (non-hydrogen) atoms. The molecule has 0 saturated carbocycles. The molecule has 6 nitrogen and oxygen atoms in total. The van der Waals surface area contributed by atoms with E-state index in [4.69, 9.17) is 18.6 Å². The molecule has 0 saturated heterocycles. The zero-order valence-electron chi connectivity index (χ0n) is 20.2. The summed E-state index contributed by atoms with van der Waals surface area (Å²) in [6.07, 6.45) is 11.7. The van der Waals surface area contributed by atoms with Crippen molar-refractivity contribution in [1.82, 2.24) is 0 Å². The van der Waals surface area contributed by atoms with E-state index >= 15 is 0 Å². The van der Waals surface area contributed by atoms with Gasteiger partial charge in [0.2, 0.25) is 5.75 Å². The number of esters is 1. The van der Waals surface area contributed by atoms with Gasteiger partial charge in [-0.25, -0.2) is 4.79 Å². The Labute approximate surface area is 195 Å². The number of allylic oxidation sites excluding steroid dienone is 4. The van der Waals surface area contributed by atoms with Gasteiger partial charge in [-0.3, -0.25) is 4.79 Å². The van der Waals surface area contributed by atoms with E-state index in [0.29, 0.717) is 17.7 Å². The van der Waals surface area contributed by atoms with Crippen molar-refractivity contribution in [1.29, 1.82) is 0 Å². The van der Waals surface area contributed by atoms with Crippen LogP contribution in [-0.4, -0.2) is 19.2 Å². The summed E-state index contributed by atoms with van der Waals surface area (Å²) < 4.78 is 22.5. The second-order valence-electron chi connectivity index (χ2n) is 7.97. The number of carbonyl (C=O) groups is 1. The van der Waals surface area contributed by atoms with E-state index < -0.39 is 11.6 Å². The average Bonchev–Trinajstić information content (AvgIpc) is 2.74. The molecule has 178 valence electrons. The van der Waals surface area contributed by atoms with Crippen molar-refractivity contribution in [3.8, 4) is 17.2 Å². The highest BCUT2D eigenvalue weighted by Crippen LogP contribution is 2.39. The van der Waals surface area contributed by atoms with Gasteiger partial charge >= 0.3 is 11.6 Å². The van der Waals surface area contributed by atoms with Crippen LogP contribution in [0.25, 0.3) is 11.0 Å². The van der Waals surface area contributed by atoms with Crippen molar-refractivity contribution in [2.75, 3.05) is 13.2 Å². The van der Waals surface area contributed by atoms with Crippen LogP contribution in [0.4, 0.5) is 0 Å². The summed E-state index contributed by atoms with van der Waals surface area (Å²) in [4.78, 5) is 24.5. The average molecular weight is 455 g/mol. The van der Waals surface area contributed by atoms with Gasteiger partial charge in [0.25, 0.3) is 0 Å². The fraction of sp³-hybridized carbons (Fsp3) is 0.407. The number of carbonyl (C=O) groups excluding carboxylic acids is 1. The van der Waals surface area contributed by atoms with Gasteiger partial charge in [0.05, 0.1) is 6.61 Å². The first kappa shape index (κ1) is 26.0. The Morgan fingerprint density at radius 3 is 2.48 bits per heavy atom. The molecule has 0 spiro atoms. The van der Waals surface area contributed by atoms with Gasteiger partial charge in [-0.15, -0.1) is 0 Å². The molecule has 0 radical (unpaired) electrons. The molecule has 0 atom stereocenters. The Hall–Kier alpha value is -3.28. The summed E-state index contributed by atoms with van der Waals surface area (Å²) in [7, 11) is 0. The van der Waals surface area contributed by atoms with Gasteiger partial charge < -0.3 is 18.6 Å². The molecule has 0 bridgehead atoms. The van der Waals surface area contributed by atoms with Crippen molar-refractivity contribution in [3.05, 3.63) is 64.1 Å². The maximum Gasteiger partial charge on any atom is 0.383 e. The van der Waals surface area contributed by atoms with Gasteiger partial charge in [0.15, 0.2) is 5.75 Å². The van der Waals surface area contributed by atoms with Gasteiger partial charge in [-0.05, 0) is 64.7 Å². The third-order valence-electron chi connectivity index (χ3n) is 4.75. The van der Waals surface area contributed by atoms with Crippen LogP contribution in [0.15, 0.2) is 62.9 Å². The predicted octanol–water partition coefficient (Wildman–Crippen LogP) is 6.52. The summed E-state index contributed by atoms with van der Waals surface area (Å²) >= 11 is 0. The lowest BCUT2D eigenvalue weighted by Gasteiger charge is -2.14. The SMILES string of the molecule is CC/C=C/CCOc1cccc2oc(=O)c(OC/C=C(\C)CCC=C(C)C)c(OC(C)=O)c12. The zero-order chi connectivity index (χ0) is 24.2. The van der Waals surface area contributed by atoms with Crippen LogP contribution in [0.5, 0.6) is 17.2 Å². The molecule has 0 N–H and O–H groups in total. The van der Waals surface area contributed by atoms with E-state index in [2.05, 4.69) is 32.9 Å². The molecule has 1 aromatic heterocycles. The molecule has 0 fully saturated rings. The van der Waals surface area contributed by atoms with Crippen molar-refractivity contribution in [2.45, 2.75) is 60.3 Å². The Balaban J connectivity index is 2.34. The monoisotopic (exact) mass is 454 g/mol. The highest BCUT2D eigenvalue weighted by Gasteiger charge is 2.22. The van der Waals surface area contributed by atoms with Crippen molar-refractivity contribution >= 4 is 16.9 Å². The van der Waals surface area contributed by atoms with Gasteiger partial charge in [-0.2, -0.15) is 0 Å². The number of fused-ring (bicyclic) bond motifs is 1. The predicted molar refractivity (Wildman–Crippen MR) is 131 cm³/mol. The van der Waals surface area contributed by atoms with E-state index in [1.807, 2.05) is 19.1 Å². The maximum absolute atomic E-state index is 12.6. The van der Waals surface area contributed by atoms with E-state index in [9.17, 15) is 9.59 Å². The Bertz CT molecular complexity index is 1080. The second-order valence-corrected chi connectivity index (χ2v) is 7.97. The Kier molecular flexibility index (Phi) is 10.5. The number of hydrogen-bond donors (Lipinski definition) is 0. The van der Waals surface area contributed by atoms with Crippen LogP contribution in [-0.2, 0) is 4.79 Å². The molecule has 0 amide bonds. The topological polar surface area (TPSA) is 75.0 Å². The van der Waals surface area contributed by atoms with E-state index in [-0.39, 0.29) is 23.7 Å².